The SMILES string of the molecule is CCN(C(=O)C(C)(C)n1nc(-c2ccco2)ccc1=O)c1ccccc1. The van der Waals surface area contributed by atoms with Crippen molar-refractivity contribution in [2.24, 2.45) is 0 Å². The molecule has 2 heterocycles. The third-order valence-corrected chi connectivity index (χ3v) is 4.26. The molecule has 0 saturated heterocycles. The summed E-state index contributed by atoms with van der Waals surface area (Å²) in [4.78, 5) is 27.3. The number of para-hydroxylation sites is 1. The molecule has 0 atom stereocenters. The highest BCUT2D eigenvalue weighted by molar-refractivity contribution is 5.98. The number of carbonyl (C=O) groups is 1. The molecule has 6 nitrogen and oxygen atoms in total. The quantitative estimate of drug-likeness (QED) is 0.707. The fourth-order valence-corrected chi connectivity index (χ4v) is 2.84. The minimum Gasteiger partial charge on any atom is -0.463 e. The van der Waals surface area contributed by atoms with Crippen LogP contribution in [0.5, 0.6) is 0 Å². The van der Waals surface area contributed by atoms with Crippen molar-refractivity contribution in [3.63, 3.8) is 0 Å². The Hall–Kier alpha value is -3.15. The Morgan fingerprint density at radius 2 is 1.85 bits per heavy atom. The topological polar surface area (TPSA) is 68.3 Å². The number of likely N-dealkylation sites (N-methyl/N-ethyl adjacent to an activating group) is 1. The largest absolute Gasteiger partial charge is 0.463 e. The van der Waals surface area contributed by atoms with Crippen LogP contribution in [0, 0.1) is 0 Å². The van der Waals surface area contributed by atoms with Gasteiger partial charge in [0.05, 0.1) is 6.26 Å². The number of aromatic nitrogens is 2. The molecule has 0 aliphatic carbocycles. The first kappa shape index (κ1) is 17.7. The van der Waals surface area contributed by atoms with E-state index in [-0.39, 0.29) is 11.5 Å². The van der Waals surface area contributed by atoms with Crippen LogP contribution in [0.25, 0.3) is 11.5 Å². The zero-order valence-electron chi connectivity index (χ0n) is 15.0. The number of anilines is 1. The first-order chi connectivity index (χ1) is 12.4. The Kier molecular flexibility index (Phi) is 4.75. The number of amides is 1. The van der Waals surface area contributed by atoms with Gasteiger partial charge in [-0.15, -0.1) is 0 Å². The lowest BCUT2D eigenvalue weighted by molar-refractivity contribution is -0.126. The molecular weight excluding hydrogens is 330 g/mol. The number of furan rings is 1. The highest BCUT2D eigenvalue weighted by atomic mass is 16.3. The second-order valence-corrected chi connectivity index (χ2v) is 6.39. The van der Waals surface area contributed by atoms with Crippen LogP contribution in [0.2, 0.25) is 0 Å². The van der Waals surface area contributed by atoms with E-state index in [1.54, 1.807) is 36.9 Å². The van der Waals surface area contributed by atoms with E-state index in [4.69, 9.17) is 4.42 Å². The molecule has 3 rings (SSSR count). The van der Waals surface area contributed by atoms with E-state index < -0.39 is 5.54 Å². The van der Waals surface area contributed by atoms with Crippen LogP contribution >= 0.6 is 0 Å². The van der Waals surface area contributed by atoms with E-state index in [1.807, 2.05) is 37.3 Å². The van der Waals surface area contributed by atoms with Gasteiger partial charge in [0.15, 0.2) is 5.76 Å². The standard InChI is InChI=1S/C20H21N3O3/c1-4-22(15-9-6-5-7-10-15)19(25)20(2,3)23-18(24)13-12-16(21-23)17-11-8-14-26-17/h5-14H,4H2,1-3H3. The van der Waals surface area contributed by atoms with Gasteiger partial charge < -0.3 is 9.32 Å². The van der Waals surface area contributed by atoms with Crippen LogP contribution in [0.4, 0.5) is 5.69 Å². The summed E-state index contributed by atoms with van der Waals surface area (Å²) in [5.41, 5.74) is -0.227. The molecule has 6 heteroatoms. The van der Waals surface area contributed by atoms with Crippen molar-refractivity contribution in [3.8, 4) is 11.5 Å². The number of rotatable bonds is 5. The average molecular weight is 351 g/mol. The maximum atomic E-state index is 13.2. The first-order valence-corrected chi connectivity index (χ1v) is 8.47. The molecule has 2 aromatic heterocycles. The van der Waals surface area contributed by atoms with E-state index in [9.17, 15) is 9.59 Å². The summed E-state index contributed by atoms with van der Waals surface area (Å²) in [6.07, 6.45) is 1.54. The monoisotopic (exact) mass is 351 g/mol. The van der Waals surface area contributed by atoms with Gasteiger partial charge in [-0.05, 0) is 51.1 Å². The fourth-order valence-electron chi connectivity index (χ4n) is 2.84. The van der Waals surface area contributed by atoms with E-state index in [2.05, 4.69) is 5.10 Å². The predicted molar refractivity (Wildman–Crippen MR) is 100.0 cm³/mol. The van der Waals surface area contributed by atoms with Gasteiger partial charge in [-0.3, -0.25) is 9.59 Å². The van der Waals surface area contributed by atoms with Crippen molar-refractivity contribution >= 4 is 11.6 Å². The number of nitrogens with zero attached hydrogens (tertiary/aromatic N) is 3. The molecule has 0 saturated carbocycles. The summed E-state index contributed by atoms with van der Waals surface area (Å²) in [7, 11) is 0. The second-order valence-electron chi connectivity index (χ2n) is 6.39. The fraction of sp³-hybridized carbons (Fsp3) is 0.250. The molecule has 0 spiro atoms. The van der Waals surface area contributed by atoms with E-state index in [1.165, 1.54) is 17.0 Å². The average Bonchev–Trinajstić information content (AvgIpc) is 3.18. The minimum atomic E-state index is -1.16. The first-order valence-electron chi connectivity index (χ1n) is 8.47. The predicted octanol–water partition coefficient (Wildman–Crippen LogP) is 3.29. The van der Waals surface area contributed by atoms with Gasteiger partial charge in [-0.2, -0.15) is 5.10 Å². The molecule has 0 aliphatic rings. The molecule has 0 bridgehead atoms. The summed E-state index contributed by atoms with van der Waals surface area (Å²) >= 11 is 0. The van der Waals surface area contributed by atoms with Gasteiger partial charge in [0.25, 0.3) is 11.5 Å². The molecule has 1 amide bonds. The molecule has 0 N–H and O–H groups in total. The Morgan fingerprint density at radius 3 is 2.46 bits per heavy atom. The van der Waals surface area contributed by atoms with Crippen molar-refractivity contribution < 1.29 is 9.21 Å². The van der Waals surface area contributed by atoms with Gasteiger partial charge in [0.1, 0.15) is 11.2 Å². The third kappa shape index (κ3) is 3.18. The molecule has 1 aromatic carbocycles. The number of carbonyl (C=O) groups excluding carboxylic acids is 1. The van der Waals surface area contributed by atoms with Crippen molar-refractivity contribution in [2.75, 3.05) is 11.4 Å². The van der Waals surface area contributed by atoms with E-state index in [0.717, 1.165) is 5.69 Å². The minimum absolute atomic E-state index is 0.211. The van der Waals surface area contributed by atoms with Crippen molar-refractivity contribution in [2.45, 2.75) is 26.3 Å². The van der Waals surface area contributed by atoms with Crippen LogP contribution in [-0.4, -0.2) is 22.2 Å². The molecule has 0 aliphatic heterocycles. The highest BCUT2D eigenvalue weighted by Gasteiger charge is 2.36. The van der Waals surface area contributed by atoms with Crippen molar-refractivity contribution in [1.29, 1.82) is 0 Å². The zero-order chi connectivity index (χ0) is 18.7. The van der Waals surface area contributed by atoms with Crippen molar-refractivity contribution in [3.05, 3.63) is 71.2 Å². The molecule has 0 radical (unpaired) electrons. The normalized spacial score (nSPS) is 11.3. The maximum Gasteiger partial charge on any atom is 0.267 e. The van der Waals surface area contributed by atoms with Crippen LogP contribution in [0.15, 0.2) is 70.1 Å². The van der Waals surface area contributed by atoms with Gasteiger partial charge >= 0.3 is 0 Å². The summed E-state index contributed by atoms with van der Waals surface area (Å²) in [6.45, 7) is 5.78. The summed E-state index contributed by atoms with van der Waals surface area (Å²) in [5.74, 6) is 0.329. The number of hydrogen-bond donors (Lipinski definition) is 0. The summed E-state index contributed by atoms with van der Waals surface area (Å²) < 4.78 is 6.57. The molecule has 0 unspecified atom stereocenters. The number of benzene rings is 1. The Morgan fingerprint density at radius 1 is 1.12 bits per heavy atom. The molecule has 134 valence electrons. The smallest absolute Gasteiger partial charge is 0.267 e. The molecule has 3 aromatic rings. The van der Waals surface area contributed by atoms with Gasteiger partial charge in [-0.1, -0.05) is 18.2 Å². The molecular formula is C20H21N3O3. The molecule has 26 heavy (non-hydrogen) atoms. The van der Waals surface area contributed by atoms with E-state index >= 15 is 0 Å². The third-order valence-electron chi connectivity index (χ3n) is 4.26. The van der Waals surface area contributed by atoms with Gasteiger partial charge in [-0.25, -0.2) is 4.68 Å². The van der Waals surface area contributed by atoms with Crippen LogP contribution in [-0.2, 0) is 10.3 Å². The second kappa shape index (κ2) is 7.00. The Labute approximate surface area is 151 Å². The lowest BCUT2D eigenvalue weighted by Crippen LogP contribution is -2.51. The van der Waals surface area contributed by atoms with Crippen molar-refractivity contribution in [1.82, 2.24) is 9.78 Å². The lowest BCUT2D eigenvalue weighted by Gasteiger charge is -2.32. The maximum absolute atomic E-state index is 13.2. The molecule has 0 fully saturated rings. The zero-order valence-corrected chi connectivity index (χ0v) is 15.0. The Balaban J connectivity index is 2.03. The number of hydrogen-bond acceptors (Lipinski definition) is 4. The van der Waals surface area contributed by atoms with Crippen LogP contribution < -0.4 is 10.5 Å². The Bertz CT molecular complexity index is 944. The van der Waals surface area contributed by atoms with E-state index in [0.29, 0.717) is 18.0 Å². The lowest BCUT2D eigenvalue weighted by atomic mass is 10.0. The van der Waals surface area contributed by atoms with Gasteiger partial charge in [0.2, 0.25) is 0 Å². The van der Waals surface area contributed by atoms with Crippen LogP contribution in [0.1, 0.15) is 20.8 Å². The van der Waals surface area contributed by atoms with Gasteiger partial charge in [0, 0.05) is 18.3 Å². The summed E-state index contributed by atoms with van der Waals surface area (Å²) in [5, 5.41) is 4.38. The van der Waals surface area contributed by atoms with Crippen LogP contribution in [0.3, 0.4) is 0 Å². The summed E-state index contributed by atoms with van der Waals surface area (Å²) in [6, 6.07) is 15.9. The highest BCUT2D eigenvalue weighted by Crippen LogP contribution is 2.23.